The molecule has 34 heavy (non-hydrogen) atoms. The Hall–Kier alpha value is -2.67. The summed E-state index contributed by atoms with van der Waals surface area (Å²) in [4.78, 5) is 42.5. The first-order valence-corrected chi connectivity index (χ1v) is 12.8. The summed E-state index contributed by atoms with van der Waals surface area (Å²) in [6, 6.07) is 6.99. The van der Waals surface area contributed by atoms with Crippen molar-refractivity contribution in [1.82, 2.24) is 10.2 Å². The summed E-state index contributed by atoms with van der Waals surface area (Å²) in [5, 5.41) is 6.19. The molecule has 3 amide bonds. The lowest BCUT2D eigenvalue weighted by atomic mass is 9.74. The highest BCUT2D eigenvalue weighted by molar-refractivity contribution is 6.02. The van der Waals surface area contributed by atoms with Crippen molar-refractivity contribution < 1.29 is 19.1 Å². The molecule has 0 aromatic heterocycles. The summed E-state index contributed by atoms with van der Waals surface area (Å²) in [6.45, 7) is 4.55. The fraction of sp³-hybridized carbons (Fsp3) is 0.593. The zero-order chi connectivity index (χ0) is 23.9. The third kappa shape index (κ3) is 3.84. The topological polar surface area (TPSA) is 87.7 Å². The molecule has 1 aromatic rings. The molecule has 1 aromatic carbocycles. The summed E-state index contributed by atoms with van der Waals surface area (Å²) in [5.74, 6) is -1.87. The molecule has 3 heterocycles. The number of unbranched alkanes of at least 4 members (excludes halogenated alkanes) is 1. The van der Waals surface area contributed by atoms with Gasteiger partial charge in [-0.1, -0.05) is 62.5 Å². The number of nitrogens with one attached hydrogen (secondary N) is 2. The molecule has 7 heteroatoms. The SMILES string of the molecule is CCCCN1C(=O)[C@H]2C(C(=O)Nc3ccc(C)cc3)[C@H]3C=CC2(O3)C1C(=O)NC1CCCCC1. The molecule has 3 unspecified atom stereocenters. The van der Waals surface area contributed by atoms with E-state index in [1.165, 1.54) is 6.42 Å². The van der Waals surface area contributed by atoms with Crippen molar-refractivity contribution in [3.63, 3.8) is 0 Å². The lowest BCUT2D eigenvalue weighted by Gasteiger charge is -2.34. The summed E-state index contributed by atoms with van der Waals surface area (Å²) >= 11 is 0. The zero-order valence-corrected chi connectivity index (χ0v) is 20.1. The second kappa shape index (κ2) is 9.17. The lowest BCUT2D eigenvalue weighted by molar-refractivity contribution is -0.141. The Morgan fingerprint density at radius 1 is 1.12 bits per heavy atom. The second-order valence-corrected chi connectivity index (χ2v) is 10.3. The highest BCUT2D eigenvalue weighted by Crippen LogP contribution is 2.55. The number of benzene rings is 1. The maximum absolute atomic E-state index is 13.7. The lowest BCUT2D eigenvalue weighted by Crippen LogP contribution is -2.56. The molecule has 3 fully saturated rings. The molecule has 2 N–H and O–H groups in total. The van der Waals surface area contributed by atoms with Crippen molar-refractivity contribution >= 4 is 23.4 Å². The number of carbonyl (C=O) groups excluding carboxylic acids is 3. The van der Waals surface area contributed by atoms with Crippen LogP contribution < -0.4 is 10.6 Å². The standard InChI is InChI=1S/C27H35N3O4/c1-3-4-16-30-23(25(32)29-18-8-6-5-7-9-18)27-15-14-20(34-27)21(22(27)26(30)33)24(31)28-19-12-10-17(2)11-13-19/h10-15,18,20-23H,3-9,16H2,1-2H3,(H,28,31)(H,29,32)/t20-,21?,22-,23?,27?/m1/s1. The minimum atomic E-state index is -1.08. The molecular weight excluding hydrogens is 430 g/mol. The molecule has 2 bridgehead atoms. The van der Waals surface area contributed by atoms with E-state index in [0.29, 0.717) is 12.2 Å². The summed E-state index contributed by atoms with van der Waals surface area (Å²) in [5.41, 5.74) is 0.715. The number of likely N-dealkylation sites (tertiary alicyclic amines) is 1. The average molecular weight is 466 g/mol. The van der Waals surface area contributed by atoms with Crippen molar-refractivity contribution in [1.29, 1.82) is 0 Å². The highest BCUT2D eigenvalue weighted by atomic mass is 16.5. The van der Waals surface area contributed by atoms with Crippen LogP contribution in [0.3, 0.4) is 0 Å². The molecule has 4 aliphatic rings. The van der Waals surface area contributed by atoms with Gasteiger partial charge in [-0.2, -0.15) is 0 Å². The van der Waals surface area contributed by atoms with Crippen LogP contribution in [0, 0.1) is 18.8 Å². The molecular formula is C27H35N3O4. The Kier molecular flexibility index (Phi) is 6.23. The van der Waals surface area contributed by atoms with Crippen molar-refractivity contribution in [2.75, 3.05) is 11.9 Å². The van der Waals surface area contributed by atoms with Crippen LogP contribution in [0.2, 0.25) is 0 Å². The summed E-state index contributed by atoms with van der Waals surface area (Å²) in [7, 11) is 0. The Bertz CT molecular complexity index is 984. The fourth-order valence-electron chi connectivity index (χ4n) is 6.23. The molecule has 2 saturated heterocycles. The number of hydrogen-bond donors (Lipinski definition) is 2. The molecule has 1 spiro atoms. The van der Waals surface area contributed by atoms with Crippen LogP contribution in [0.1, 0.15) is 57.4 Å². The molecule has 5 atom stereocenters. The number of fused-ring (bicyclic) bond motifs is 1. The van der Waals surface area contributed by atoms with E-state index in [0.717, 1.165) is 44.1 Å². The minimum Gasteiger partial charge on any atom is -0.359 e. The molecule has 7 nitrogen and oxygen atoms in total. The largest absolute Gasteiger partial charge is 0.359 e. The van der Waals surface area contributed by atoms with Gasteiger partial charge in [-0.3, -0.25) is 14.4 Å². The van der Waals surface area contributed by atoms with Gasteiger partial charge in [0, 0.05) is 18.3 Å². The van der Waals surface area contributed by atoms with Gasteiger partial charge in [-0.05, 0) is 38.3 Å². The molecule has 1 saturated carbocycles. The van der Waals surface area contributed by atoms with Gasteiger partial charge in [0.1, 0.15) is 11.6 Å². The average Bonchev–Trinajstić information content (AvgIpc) is 3.47. The van der Waals surface area contributed by atoms with Gasteiger partial charge in [0.25, 0.3) is 0 Å². The predicted octanol–water partition coefficient (Wildman–Crippen LogP) is 3.33. The normalized spacial score (nSPS) is 32.2. The molecule has 5 rings (SSSR count). The Morgan fingerprint density at radius 2 is 1.85 bits per heavy atom. The smallest absolute Gasteiger partial charge is 0.246 e. The molecule has 0 radical (unpaired) electrons. The van der Waals surface area contributed by atoms with Crippen molar-refractivity contribution in [3.8, 4) is 0 Å². The number of nitrogens with zero attached hydrogens (tertiary/aromatic N) is 1. The van der Waals surface area contributed by atoms with Crippen LogP contribution in [0.4, 0.5) is 5.69 Å². The number of ether oxygens (including phenoxy) is 1. The van der Waals surface area contributed by atoms with E-state index in [-0.39, 0.29) is 23.8 Å². The van der Waals surface area contributed by atoms with E-state index < -0.39 is 29.6 Å². The Labute approximate surface area is 201 Å². The van der Waals surface area contributed by atoms with E-state index in [9.17, 15) is 14.4 Å². The van der Waals surface area contributed by atoms with Crippen LogP contribution >= 0.6 is 0 Å². The van der Waals surface area contributed by atoms with Gasteiger partial charge in [0.2, 0.25) is 17.7 Å². The zero-order valence-electron chi connectivity index (χ0n) is 20.1. The van der Waals surface area contributed by atoms with Crippen molar-refractivity contribution in [2.24, 2.45) is 11.8 Å². The van der Waals surface area contributed by atoms with Crippen LogP contribution in [0.5, 0.6) is 0 Å². The Balaban J connectivity index is 1.42. The highest BCUT2D eigenvalue weighted by Gasteiger charge is 2.72. The number of amides is 3. The first kappa shape index (κ1) is 23.1. The van der Waals surface area contributed by atoms with Gasteiger partial charge in [0.05, 0.1) is 17.9 Å². The van der Waals surface area contributed by atoms with E-state index in [1.807, 2.05) is 43.3 Å². The van der Waals surface area contributed by atoms with Crippen LogP contribution in [0.15, 0.2) is 36.4 Å². The van der Waals surface area contributed by atoms with Crippen LogP contribution in [-0.2, 0) is 19.1 Å². The quantitative estimate of drug-likeness (QED) is 0.605. The number of hydrogen-bond acceptors (Lipinski definition) is 4. The van der Waals surface area contributed by atoms with E-state index in [1.54, 1.807) is 4.90 Å². The van der Waals surface area contributed by atoms with Crippen molar-refractivity contribution in [3.05, 3.63) is 42.0 Å². The minimum absolute atomic E-state index is 0.142. The summed E-state index contributed by atoms with van der Waals surface area (Å²) < 4.78 is 6.38. The third-order valence-corrected chi connectivity index (χ3v) is 7.95. The maximum Gasteiger partial charge on any atom is 0.246 e. The van der Waals surface area contributed by atoms with E-state index in [2.05, 4.69) is 17.6 Å². The summed E-state index contributed by atoms with van der Waals surface area (Å²) in [6.07, 6.45) is 10.3. The number of aryl methyl sites for hydroxylation is 1. The third-order valence-electron chi connectivity index (χ3n) is 7.95. The first-order valence-electron chi connectivity index (χ1n) is 12.8. The van der Waals surface area contributed by atoms with E-state index in [4.69, 9.17) is 4.74 Å². The number of rotatable bonds is 7. The van der Waals surface area contributed by atoms with Gasteiger partial charge in [0.15, 0.2) is 0 Å². The molecule has 182 valence electrons. The molecule has 1 aliphatic carbocycles. The number of anilines is 1. The van der Waals surface area contributed by atoms with E-state index >= 15 is 0 Å². The first-order chi connectivity index (χ1) is 16.4. The predicted molar refractivity (Wildman–Crippen MR) is 129 cm³/mol. The number of carbonyl (C=O) groups is 3. The monoisotopic (exact) mass is 465 g/mol. The van der Waals surface area contributed by atoms with Gasteiger partial charge in [-0.15, -0.1) is 0 Å². The van der Waals surface area contributed by atoms with Gasteiger partial charge in [-0.25, -0.2) is 0 Å². The van der Waals surface area contributed by atoms with Crippen molar-refractivity contribution in [2.45, 2.75) is 82.6 Å². The van der Waals surface area contributed by atoms with Crippen LogP contribution in [0.25, 0.3) is 0 Å². The van der Waals surface area contributed by atoms with Crippen LogP contribution in [-0.4, -0.2) is 53.0 Å². The molecule has 3 aliphatic heterocycles. The van der Waals surface area contributed by atoms with Gasteiger partial charge >= 0.3 is 0 Å². The van der Waals surface area contributed by atoms with Gasteiger partial charge < -0.3 is 20.3 Å². The maximum atomic E-state index is 13.7. The second-order valence-electron chi connectivity index (χ2n) is 10.3. The fourth-order valence-corrected chi connectivity index (χ4v) is 6.23. The Morgan fingerprint density at radius 3 is 2.56 bits per heavy atom.